The first-order valence-electron chi connectivity index (χ1n) is 8.38. The molecule has 0 aliphatic carbocycles. The zero-order valence-electron chi connectivity index (χ0n) is 15.6. The van der Waals surface area contributed by atoms with Crippen LogP contribution in [0.4, 0.5) is 4.79 Å². The predicted molar refractivity (Wildman–Crippen MR) is 99.2 cm³/mol. The zero-order chi connectivity index (χ0) is 20.8. The van der Waals surface area contributed by atoms with Gasteiger partial charge >= 0.3 is 16.4 Å². The largest absolute Gasteiger partial charge is 0.418 e. The van der Waals surface area contributed by atoms with Crippen LogP contribution < -0.4 is 5.73 Å². The Morgan fingerprint density at radius 2 is 2.14 bits per heavy atom. The van der Waals surface area contributed by atoms with Crippen LogP contribution in [0.5, 0.6) is 0 Å². The van der Waals surface area contributed by atoms with Gasteiger partial charge < -0.3 is 15.5 Å². The minimum Gasteiger partial charge on any atom is -0.347 e. The number of rotatable bonds is 7. The molecule has 3 rings (SSSR count). The molecule has 2 aliphatic heterocycles. The number of nitrogens with two attached hydrogens (primary N) is 1. The molecule has 1 saturated heterocycles. The molecule has 3 N–H and O–H groups in total. The van der Waals surface area contributed by atoms with Crippen molar-refractivity contribution in [1.29, 1.82) is 0 Å². The molecule has 2 bridgehead atoms. The Hall–Kier alpha value is -1.87. The lowest BCUT2D eigenvalue weighted by Crippen LogP contribution is -2.44. The summed E-state index contributed by atoms with van der Waals surface area (Å²) in [5.41, 5.74) is 7.18. The lowest BCUT2D eigenvalue weighted by Gasteiger charge is -2.32. The van der Waals surface area contributed by atoms with E-state index in [1.54, 1.807) is 21.1 Å². The van der Waals surface area contributed by atoms with E-state index in [-0.39, 0.29) is 12.5 Å². The standard InChI is InChI=1S/C14H22N6O6S2/c1-17(2)13(21)12-11-10(8(16-18(11)3)7-27-5-4-15)9-6-19(12)14(22)20(9)26-28(23,24)25/h9,12H,4-7,15H2,1-3H3,(H,23,24,25). The molecule has 1 aromatic rings. The molecule has 2 aliphatic rings. The number of urea groups is 1. The summed E-state index contributed by atoms with van der Waals surface area (Å²) in [4.78, 5) is 28.2. The van der Waals surface area contributed by atoms with Crippen LogP contribution in [0, 0.1) is 0 Å². The zero-order valence-corrected chi connectivity index (χ0v) is 17.2. The number of thioether (sulfide) groups is 1. The van der Waals surface area contributed by atoms with Crippen molar-refractivity contribution in [2.24, 2.45) is 12.8 Å². The Labute approximate surface area is 166 Å². The molecular weight excluding hydrogens is 412 g/mol. The van der Waals surface area contributed by atoms with Crippen LogP contribution in [0.3, 0.4) is 0 Å². The van der Waals surface area contributed by atoms with Gasteiger partial charge in [0.25, 0.3) is 5.91 Å². The van der Waals surface area contributed by atoms with Crippen LogP contribution in [-0.4, -0.2) is 82.5 Å². The van der Waals surface area contributed by atoms with E-state index < -0.39 is 28.5 Å². The van der Waals surface area contributed by atoms with E-state index in [0.717, 1.165) is 0 Å². The fraction of sp³-hybridized carbons (Fsp3) is 0.643. The van der Waals surface area contributed by atoms with E-state index in [9.17, 15) is 18.0 Å². The number of hydrogen-bond acceptors (Lipinski definition) is 8. The normalized spacial score (nSPS) is 21.2. The molecule has 0 aromatic carbocycles. The van der Waals surface area contributed by atoms with Crippen LogP contribution in [-0.2, 0) is 32.3 Å². The second kappa shape index (κ2) is 7.51. The number of aromatic nitrogens is 2. The van der Waals surface area contributed by atoms with Gasteiger partial charge in [-0.25, -0.2) is 4.79 Å². The molecule has 3 heterocycles. The van der Waals surface area contributed by atoms with E-state index in [2.05, 4.69) is 9.38 Å². The number of aryl methyl sites for hydroxylation is 1. The van der Waals surface area contributed by atoms with Gasteiger partial charge in [-0.1, -0.05) is 0 Å². The Kier molecular flexibility index (Phi) is 5.60. The van der Waals surface area contributed by atoms with Crippen molar-refractivity contribution in [3.63, 3.8) is 0 Å². The van der Waals surface area contributed by atoms with E-state index in [4.69, 9.17) is 10.3 Å². The minimum atomic E-state index is -4.93. The van der Waals surface area contributed by atoms with Crippen LogP contribution in [0.25, 0.3) is 0 Å². The molecule has 1 fully saturated rings. The number of hydrogen-bond donors (Lipinski definition) is 2. The maximum atomic E-state index is 12.8. The van der Waals surface area contributed by atoms with E-state index >= 15 is 0 Å². The van der Waals surface area contributed by atoms with Crippen molar-refractivity contribution >= 4 is 34.1 Å². The van der Waals surface area contributed by atoms with Crippen molar-refractivity contribution in [3.8, 4) is 0 Å². The summed E-state index contributed by atoms with van der Waals surface area (Å²) >= 11 is 1.53. The Morgan fingerprint density at radius 1 is 1.46 bits per heavy atom. The van der Waals surface area contributed by atoms with Crippen molar-refractivity contribution in [3.05, 3.63) is 17.0 Å². The third kappa shape index (κ3) is 3.57. The molecule has 0 radical (unpaired) electrons. The summed E-state index contributed by atoms with van der Waals surface area (Å²) in [5.74, 6) is 0.797. The molecule has 14 heteroatoms. The third-order valence-corrected chi connectivity index (χ3v) is 5.90. The maximum Gasteiger partial charge on any atom is 0.418 e. The summed E-state index contributed by atoms with van der Waals surface area (Å²) in [5, 5.41) is 5.08. The number of fused-ring (bicyclic) bond motifs is 4. The Bertz CT molecular complexity index is 900. The highest BCUT2D eigenvalue weighted by molar-refractivity contribution is 7.98. The van der Waals surface area contributed by atoms with Crippen molar-refractivity contribution in [2.45, 2.75) is 17.8 Å². The average Bonchev–Trinajstić information content (AvgIpc) is 3.05. The molecule has 28 heavy (non-hydrogen) atoms. The van der Waals surface area contributed by atoms with Gasteiger partial charge in [0.15, 0.2) is 6.04 Å². The van der Waals surface area contributed by atoms with Gasteiger partial charge in [0.05, 0.1) is 17.9 Å². The summed E-state index contributed by atoms with van der Waals surface area (Å²) in [6.07, 6.45) is 0. The summed E-state index contributed by atoms with van der Waals surface area (Å²) < 4.78 is 37.7. The molecule has 12 nitrogen and oxygen atoms in total. The SMILES string of the molecule is CN(C)C(=O)C1c2c(c(CSCCN)nn2C)C2CN1C(=O)N2OS(=O)(=O)O. The first-order chi connectivity index (χ1) is 13.1. The van der Waals surface area contributed by atoms with Gasteiger partial charge in [-0.05, 0) is 0 Å². The monoisotopic (exact) mass is 434 g/mol. The average molecular weight is 435 g/mol. The fourth-order valence-corrected chi connectivity index (χ4v) is 4.60. The van der Waals surface area contributed by atoms with Gasteiger partial charge in [-0.15, -0.1) is 4.28 Å². The predicted octanol–water partition coefficient (Wildman–Crippen LogP) is -0.732. The summed E-state index contributed by atoms with van der Waals surface area (Å²) in [7, 11) is -0.136. The van der Waals surface area contributed by atoms with Crippen molar-refractivity contribution in [1.82, 2.24) is 24.6 Å². The van der Waals surface area contributed by atoms with Crippen LogP contribution >= 0.6 is 11.8 Å². The number of amides is 3. The van der Waals surface area contributed by atoms with E-state index in [0.29, 0.717) is 40.1 Å². The van der Waals surface area contributed by atoms with Crippen molar-refractivity contribution in [2.75, 3.05) is 32.9 Å². The van der Waals surface area contributed by atoms with Gasteiger partial charge in [-0.2, -0.15) is 30.3 Å². The van der Waals surface area contributed by atoms with Crippen LogP contribution in [0.1, 0.15) is 29.0 Å². The Balaban J connectivity index is 2.12. The fourth-order valence-electron chi connectivity index (χ4n) is 3.51. The second-order valence-corrected chi connectivity index (χ2v) is 8.73. The molecule has 1 aromatic heterocycles. The molecular formula is C14H22N6O6S2. The highest BCUT2D eigenvalue weighted by Gasteiger charge is 2.55. The van der Waals surface area contributed by atoms with E-state index in [1.807, 2.05) is 0 Å². The van der Waals surface area contributed by atoms with Crippen molar-refractivity contribution < 1.29 is 26.8 Å². The van der Waals surface area contributed by atoms with Gasteiger partial charge in [0.2, 0.25) is 0 Å². The highest BCUT2D eigenvalue weighted by atomic mass is 32.3. The maximum absolute atomic E-state index is 12.8. The first kappa shape index (κ1) is 20.9. The smallest absolute Gasteiger partial charge is 0.347 e. The Morgan fingerprint density at radius 3 is 2.71 bits per heavy atom. The second-order valence-electron chi connectivity index (χ2n) is 6.62. The molecule has 2 atom stereocenters. The van der Waals surface area contributed by atoms with Crippen LogP contribution in [0.15, 0.2) is 0 Å². The topological polar surface area (TPSA) is 151 Å². The van der Waals surface area contributed by atoms with Gasteiger partial charge in [0.1, 0.15) is 6.04 Å². The molecule has 3 amide bonds. The van der Waals surface area contributed by atoms with Gasteiger partial charge in [0, 0.05) is 44.8 Å². The minimum absolute atomic E-state index is 0.0336. The highest BCUT2D eigenvalue weighted by Crippen LogP contribution is 2.46. The number of hydroxylamine groups is 2. The lowest BCUT2D eigenvalue weighted by molar-refractivity contribution is -0.133. The molecule has 0 saturated carbocycles. The van der Waals surface area contributed by atoms with Gasteiger partial charge in [-0.3, -0.25) is 14.0 Å². The summed E-state index contributed by atoms with van der Waals surface area (Å²) in [6.45, 7) is 0.515. The third-order valence-electron chi connectivity index (χ3n) is 4.55. The first-order valence-corrected chi connectivity index (χ1v) is 10.9. The lowest BCUT2D eigenvalue weighted by atomic mass is 9.95. The quantitative estimate of drug-likeness (QED) is 0.418. The number of likely N-dealkylation sites (N-methyl/N-ethyl adjacent to an activating group) is 1. The van der Waals surface area contributed by atoms with E-state index in [1.165, 1.54) is 26.2 Å². The molecule has 0 spiro atoms. The molecule has 2 unspecified atom stereocenters. The number of carbonyl (C=O) groups excluding carboxylic acids is 2. The number of carbonyl (C=O) groups is 2. The molecule has 156 valence electrons. The summed E-state index contributed by atoms with van der Waals surface area (Å²) in [6, 6.07) is -2.62. The number of nitrogens with zero attached hydrogens (tertiary/aromatic N) is 5. The van der Waals surface area contributed by atoms with Crippen LogP contribution in [0.2, 0.25) is 0 Å².